The SMILES string of the molecule is CC(C)Cc1cc(Cl)n(Cc2ccccc2Cl)n1. The Morgan fingerprint density at radius 1 is 1.22 bits per heavy atom. The molecule has 2 rings (SSSR count). The van der Waals surface area contributed by atoms with Crippen molar-refractivity contribution in [1.29, 1.82) is 0 Å². The summed E-state index contributed by atoms with van der Waals surface area (Å²) < 4.78 is 1.79. The predicted octanol–water partition coefficient (Wildman–Crippen LogP) is 4.44. The lowest BCUT2D eigenvalue weighted by molar-refractivity contribution is 0.608. The molecular weight excluding hydrogens is 267 g/mol. The molecule has 2 nitrogen and oxygen atoms in total. The highest BCUT2D eigenvalue weighted by Gasteiger charge is 2.09. The maximum atomic E-state index is 6.19. The first kappa shape index (κ1) is 13.4. The number of aromatic nitrogens is 2. The maximum absolute atomic E-state index is 6.19. The molecule has 0 aliphatic carbocycles. The van der Waals surface area contributed by atoms with Gasteiger partial charge in [0.1, 0.15) is 5.15 Å². The van der Waals surface area contributed by atoms with Crippen LogP contribution in [-0.4, -0.2) is 9.78 Å². The highest BCUT2D eigenvalue weighted by molar-refractivity contribution is 6.31. The Kier molecular flexibility index (Phi) is 4.31. The Balaban J connectivity index is 2.19. The molecule has 0 aliphatic rings. The van der Waals surface area contributed by atoms with E-state index in [0.29, 0.717) is 17.6 Å². The standard InChI is InChI=1S/C14H16Cl2N2/c1-10(2)7-12-8-14(16)18(17-12)9-11-5-3-4-6-13(11)15/h3-6,8,10H,7,9H2,1-2H3. The van der Waals surface area contributed by atoms with Gasteiger partial charge in [-0.3, -0.25) is 0 Å². The van der Waals surface area contributed by atoms with Gasteiger partial charge in [-0.1, -0.05) is 55.2 Å². The van der Waals surface area contributed by atoms with Gasteiger partial charge in [0.2, 0.25) is 0 Å². The summed E-state index contributed by atoms with van der Waals surface area (Å²) in [7, 11) is 0. The normalized spacial score (nSPS) is 11.2. The van der Waals surface area contributed by atoms with E-state index in [0.717, 1.165) is 22.7 Å². The van der Waals surface area contributed by atoms with Gasteiger partial charge in [-0.2, -0.15) is 5.10 Å². The second-order valence-corrected chi connectivity index (χ2v) is 5.60. The summed E-state index contributed by atoms with van der Waals surface area (Å²) in [4.78, 5) is 0. The predicted molar refractivity (Wildman–Crippen MR) is 76.3 cm³/mol. The van der Waals surface area contributed by atoms with Crippen LogP contribution in [0.2, 0.25) is 10.2 Å². The number of nitrogens with zero attached hydrogens (tertiary/aromatic N) is 2. The molecule has 0 amide bonds. The Labute approximate surface area is 118 Å². The molecule has 0 N–H and O–H groups in total. The second-order valence-electron chi connectivity index (χ2n) is 4.81. The van der Waals surface area contributed by atoms with E-state index in [-0.39, 0.29) is 0 Å². The number of benzene rings is 1. The van der Waals surface area contributed by atoms with Crippen LogP contribution in [0, 0.1) is 5.92 Å². The Morgan fingerprint density at radius 3 is 2.61 bits per heavy atom. The van der Waals surface area contributed by atoms with Crippen molar-refractivity contribution in [3.8, 4) is 0 Å². The number of hydrogen-bond donors (Lipinski definition) is 0. The molecule has 96 valence electrons. The zero-order valence-electron chi connectivity index (χ0n) is 10.5. The van der Waals surface area contributed by atoms with E-state index < -0.39 is 0 Å². The molecule has 0 aliphatic heterocycles. The molecule has 0 atom stereocenters. The lowest BCUT2D eigenvalue weighted by Crippen LogP contribution is -2.04. The third-order valence-electron chi connectivity index (χ3n) is 2.68. The molecule has 0 unspecified atom stereocenters. The lowest BCUT2D eigenvalue weighted by atomic mass is 10.1. The van der Waals surface area contributed by atoms with E-state index in [1.165, 1.54) is 0 Å². The topological polar surface area (TPSA) is 17.8 Å². The molecule has 0 saturated heterocycles. The molecule has 2 aromatic rings. The third-order valence-corrected chi connectivity index (χ3v) is 3.35. The van der Waals surface area contributed by atoms with Crippen molar-refractivity contribution in [2.45, 2.75) is 26.8 Å². The Hall–Kier alpha value is -0.990. The quantitative estimate of drug-likeness (QED) is 0.811. The van der Waals surface area contributed by atoms with Crippen LogP contribution in [0.5, 0.6) is 0 Å². The molecule has 0 bridgehead atoms. The summed E-state index contributed by atoms with van der Waals surface area (Å²) in [5, 5.41) is 5.92. The monoisotopic (exact) mass is 282 g/mol. The van der Waals surface area contributed by atoms with E-state index in [1.54, 1.807) is 4.68 Å². The summed E-state index contributed by atoms with van der Waals surface area (Å²) in [6.07, 6.45) is 0.940. The second kappa shape index (κ2) is 5.77. The maximum Gasteiger partial charge on any atom is 0.127 e. The molecule has 18 heavy (non-hydrogen) atoms. The van der Waals surface area contributed by atoms with E-state index in [2.05, 4.69) is 18.9 Å². The zero-order valence-corrected chi connectivity index (χ0v) is 12.0. The van der Waals surface area contributed by atoms with Crippen molar-refractivity contribution in [1.82, 2.24) is 9.78 Å². The van der Waals surface area contributed by atoms with E-state index in [1.807, 2.05) is 30.3 Å². The molecule has 4 heteroatoms. The molecule has 1 heterocycles. The number of halogens is 2. The molecule has 0 radical (unpaired) electrons. The first-order valence-corrected chi connectivity index (χ1v) is 6.77. The van der Waals surface area contributed by atoms with Gasteiger partial charge in [0.25, 0.3) is 0 Å². The van der Waals surface area contributed by atoms with Gasteiger partial charge in [0.15, 0.2) is 0 Å². The zero-order chi connectivity index (χ0) is 13.1. The lowest BCUT2D eigenvalue weighted by Gasteiger charge is -2.05. The molecular formula is C14H16Cl2N2. The summed E-state index contributed by atoms with van der Waals surface area (Å²) >= 11 is 12.3. The van der Waals surface area contributed by atoms with Crippen LogP contribution in [0.4, 0.5) is 0 Å². The van der Waals surface area contributed by atoms with Crippen LogP contribution in [0.15, 0.2) is 30.3 Å². The fourth-order valence-corrected chi connectivity index (χ4v) is 2.28. The number of hydrogen-bond acceptors (Lipinski definition) is 1. The van der Waals surface area contributed by atoms with Gasteiger partial charge < -0.3 is 0 Å². The minimum absolute atomic E-state index is 0.574. The molecule has 1 aromatic heterocycles. The summed E-state index contributed by atoms with van der Waals surface area (Å²) in [6, 6.07) is 9.68. The van der Waals surface area contributed by atoms with Crippen LogP contribution in [0.25, 0.3) is 0 Å². The van der Waals surface area contributed by atoms with Crippen LogP contribution >= 0.6 is 23.2 Å². The molecule has 0 spiro atoms. The third kappa shape index (κ3) is 3.27. The highest BCUT2D eigenvalue weighted by atomic mass is 35.5. The molecule has 1 aromatic carbocycles. The van der Waals surface area contributed by atoms with Crippen molar-refractivity contribution in [3.63, 3.8) is 0 Å². The van der Waals surface area contributed by atoms with E-state index in [4.69, 9.17) is 23.2 Å². The van der Waals surface area contributed by atoms with Crippen LogP contribution in [-0.2, 0) is 13.0 Å². The van der Waals surface area contributed by atoms with Gasteiger partial charge >= 0.3 is 0 Å². The average Bonchev–Trinajstić information content (AvgIpc) is 2.61. The summed E-state index contributed by atoms with van der Waals surface area (Å²) in [5.74, 6) is 0.574. The van der Waals surface area contributed by atoms with Crippen molar-refractivity contribution in [2.75, 3.05) is 0 Å². The van der Waals surface area contributed by atoms with Crippen LogP contribution in [0.1, 0.15) is 25.1 Å². The van der Waals surface area contributed by atoms with Crippen molar-refractivity contribution < 1.29 is 0 Å². The minimum atomic E-state index is 0.574. The Morgan fingerprint density at radius 2 is 1.94 bits per heavy atom. The molecule has 0 saturated carbocycles. The van der Waals surface area contributed by atoms with Gasteiger partial charge in [0.05, 0.1) is 12.2 Å². The van der Waals surface area contributed by atoms with Gasteiger partial charge in [0, 0.05) is 5.02 Å². The van der Waals surface area contributed by atoms with E-state index >= 15 is 0 Å². The fraction of sp³-hybridized carbons (Fsp3) is 0.357. The fourth-order valence-electron chi connectivity index (χ4n) is 1.86. The summed E-state index contributed by atoms with van der Waals surface area (Å²) in [6.45, 7) is 4.94. The van der Waals surface area contributed by atoms with Crippen LogP contribution in [0.3, 0.4) is 0 Å². The van der Waals surface area contributed by atoms with Crippen molar-refractivity contribution in [2.24, 2.45) is 5.92 Å². The Bertz CT molecular complexity index is 532. The first-order valence-electron chi connectivity index (χ1n) is 6.02. The van der Waals surface area contributed by atoms with Crippen molar-refractivity contribution in [3.05, 3.63) is 51.8 Å². The van der Waals surface area contributed by atoms with Gasteiger partial charge in [-0.25, -0.2) is 4.68 Å². The summed E-state index contributed by atoms with van der Waals surface area (Å²) in [5.41, 5.74) is 2.06. The molecule has 0 fully saturated rings. The van der Waals surface area contributed by atoms with Gasteiger partial charge in [-0.15, -0.1) is 0 Å². The van der Waals surface area contributed by atoms with Crippen molar-refractivity contribution >= 4 is 23.2 Å². The first-order chi connectivity index (χ1) is 8.56. The van der Waals surface area contributed by atoms with E-state index in [9.17, 15) is 0 Å². The van der Waals surface area contributed by atoms with Crippen LogP contribution < -0.4 is 0 Å². The highest BCUT2D eigenvalue weighted by Crippen LogP contribution is 2.20. The number of rotatable bonds is 4. The smallest absolute Gasteiger partial charge is 0.127 e. The minimum Gasteiger partial charge on any atom is -0.249 e. The average molecular weight is 283 g/mol. The van der Waals surface area contributed by atoms with Gasteiger partial charge in [-0.05, 0) is 30.0 Å². The largest absolute Gasteiger partial charge is 0.249 e.